The number of nitrogens with zero attached hydrogens (tertiary/aromatic N) is 1. The zero-order valence-corrected chi connectivity index (χ0v) is 13.0. The summed E-state index contributed by atoms with van der Waals surface area (Å²) in [7, 11) is 3.17. The van der Waals surface area contributed by atoms with Crippen LogP contribution in [0.15, 0.2) is 24.3 Å². The van der Waals surface area contributed by atoms with Gasteiger partial charge in [0.1, 0.15) is 0 Å². The summed E-state index contributed by atoms with van der Waals surface area (Å²) in [4.78, 5) is 26.4. The van der Waals surface area contributed by atoms with Gasteiger partial charge in [-0.1, -0.05) is 31.9 Å². The van der Waals surface area contributed by atoms with Crippen molar-refractivity contribution in [2.45, 2.75) is 38.6 Å². The highest BCUT2D eigenvalue weighted by Gasteiger charge is 2.30. The molecule has 21 heavy (non-hydrogen) atoms. The van der Waals surface area contributed by atoms with Crippen LogP contribution < -0.4 is 0 Å². The van der Waals surface area contributed by atoms with Gasteiger partial charge < -0.3 is 9.64 Å². The van der Waals surface area contributed by atoms with Crippen LogP contribution in [0.2, 0.25) is 0 Å². The molecule has 1 fully saturated rings. The third-order valence-electron chi connectivity index (χ3n) is 4.45. The standard InChI is InChI=1S/C17H23NO3/c1-12-8-4-7-11-15(12)18(2)16(19)13-9-5-6-10-14(13)17(20)21-3/h5-6,9-10,12,15H,4,7-8,11H2,1-3H3/t12?,15-/m1/s1. The first-order valence-electron chi connectivity index (χ1n) is 7.50. The third-order valence-corrected chi connectivity index (χ3v) is 4.45. The van der Waals surface area contributed by atoms with Gasteiger partial charge in [-0.2, -0.15) is 0 Å². The molecule has 114 valence electrons. The number of methoxy groups -OCH3 is 1. The Morgan fingerprint density at radius 3 is 2.38 bits per heavy atom. The fourth-order valence-corrected chi connectivity index (χ4v) is 3.17. The molecule has 1 aromatic rings. The Kier molecular flexibility index (Phi) is 4.99. The molecule has 1 amide bonds. The SMILES string of the molecule is COC(=O)c1ccccc1C(=O)N(C)[C@@H]1CCCCC1C. The van der Waals surface area contributed by atoms with Gasteiger partial charge in [-0.25, -0.2) is 4.79 Å². The molecule has 0 aliphatic heterocycles. The molecule has 0 radical (unpaired) electrons. The molecular formula is C17H23NO3. The van der Waals surface area contributed by atoms with Gasteiger partial charge in [0.05, 0.1) is 18.2 Å². The van der Waals surface area contributed by atoms with E-state index in [-0.39, 0.29) is 11.9 Å². The number of carbonyl (C=O) groups excluding carboxylic acids is 2. The highest BCUT2D eigenvalue weighted by atomic mass is 16.5. The highest BCUT2D eigenvalue weighted by molar-refractivity contribution is 6.05. The summed E-state index contributed by atoms with van der Waals surface area (Å²) >= 11 is 0. The van der Waals surface area contributed by atoms with Gasteiger partial charge in [0.2, 0.25) is 0 Å². The molecule has 0 heterocycles. The summed E-state index contributed by atoms with van der Waals surface area (Å²) in [5, 5.41) is 0. The Bertz CT molecular complexity index is 527. The molecule has 1 saturated carbocycles. The van der Waals surface area contributed by atoms with E-state index in [1.165, 1.54) is 13.5 Å². The number of amides is 1. The van der Waals surface area contributed by atoms with Crippen molar-refractivity contribution in [3.8, 4) is 0 Å². The number of benzene rings is 1. The Hall–Kier alpha value is -1.84. The van der Waals surface area contributed by atoms with Crippen LogP contribution in [0.4, 0.5) is 0 Å². The minimum Gasteiger partial charge on any atom is -0.465 e. The number of carbonyl (C=O) groups is 2. The van der Waals surface area contributed by atoms with E-state index in [2.05, 4.69) is 6.92 Å². The van der Waals surface area contributed by atoms with Crippen LogP contribution in [0.5, 0.6) is 0 Å². The number of hydrogen-bond acceptors (Lipinski definition) is 3. The molecule has 0 N–H and O–H groups in total. The van der Waals surface area contributed by atoms with E-state index in [9.17, 15) is 9.59 Å². The first-order chi connectivity index (χ1) is 10.1. The van der Waals surface area contributed by atoms with Gasteiger partial charge in [0.15, 0.2) is 0 Å². The summed E-state index contributed by atoms with van der Waals surface area (Å²) in [6.07, 6.45) is 4.58. The third kappa shape index (κ3) is 3.26. The lowest BCUT2D eigenvalue weighted by atomic mass is 9.85. The lowest BCUT2D eigenvalue weighted by Crippen LogP contribution is -2.43. The summed E-state index contributed by atoms with van der Waals surface area (Å²) < 4.78 is 4.76. The van der Waals surface area contributed by atoms with Crippen LogP contribution in [-0.2, 0) is 4.74 Å². The molecule has 0 saturated heterocycles. The molecule has 1 unspecified atom stereocenters. The van der Waals surface area contributed by atoms with Crippen molar-refractivity contribution in [1.82, 2.24) is 4.90 Å². The quantitative estimate of drug-likeness (QED) is 0.803. The van der Waals surface area contributed by atoms with Gasteiger partial charge in [-0.05, 0) is 30.9 Å². The van der Waals surface area contributed by atoms with E-state index >= 15 is 0 Å². The Morgan fingerprint density at radius 1 is 1.14 bits per heavy atom. The van der Waals surface area contributed by atoms with Crippen molar-refractivity contribution in [2.24, 2.45) is 5.92 Å². The fourth-order valence-electron chi connectivity index (χ4n) is 3.17. The van der Waals surface area contributed by atoms with Crippen LogP contribution in [0.1, 0.15) is 53.3 Å². The predicted octanol–water partition coefficient (Wildman–Crippen LogP) is 3.12. The zero-order valence-electron chi connectivity index (χ0n) is 13.0. The van der Waals surface area contributed by atoms with Crippen LogP contribution in [-0.4, -0.2) is 37.0 Å². The van der Waals surface area contributed by atoms with E-state index in [1.807, 2.05) is 7.05 Å². The van der Waals surface area contributed by atoms with E-state index in [0.29, 0.717) is 17.0 Å². The van der Waals surface area contributed by atoms with E-state index in [4.69, 9.17) is 4.74 Å². The smallest absolute Gasteiger partial charge is 0.338 e. The Labute approximate surface area is 126 Å². The Morgan fingerprint density at radius 2 is 1.76 bits per heavy atom. The van der Waals surface area contributed by atoms with Gasteiger partial charge in [0.25, 0.3) is 5.91 Å². The van der Waals surface area contributed by atoms with E-state index in [1.54, 1.807) is 29.2 Å². The number of ether oxygens (including phenoxy) is 1. The monoisotopic (exact) mass is 289 g/mol. The molecule has 0 spiro atoms. The predicted molar refractivity (Wildman–Crippen MR) is 81.3 cm³/mol. The molecule has 1 aromatic carbocycles. The molecule has 0 bridgehead atoms. The largest absolute Gasteiger partial charge is 0.465 e. The molecule has 4 heteroatoms. The summed E-state index contributed by atoms with van der Waals surface area (Å²) in [6.45, 7) is 2.19. The van der Waals surface area contributed by atoms with Crippen molar-refractivity contribution in [1.29, 1.82) is 0 Å². The van der Waals surface area contributed by atoms with Gasteiger partial charge >= 0.3 is 5.97 Å². The molecular weight excluding hydrogens is 266 g/mol. The number of hydrogen-bond donors (Lipinski definition) is 0. The second-order valence-electron chi connectivity index (χ2n) is 5.78. The van der Waals surface area contributed by atoms with Crippen LogP contribution in [0, 0.1) is 5.92 Å². The van der Waals surface area contributed by atoms with Crippen LogP contribution in [0.3, 0.4) is 0 Å². The molecule has 0 aromatic heterocycles. The summed E-state index contributed by atoms with van der Waals surface area (Å²) in [5.41, 5.74) is 0.755. The molecule has 2 atom stereocenters. The van der Waals surface area contributed by atoms with Gasteiger partial charge in [-0.15, -0.1) is 0 Å². The summed E-state index contributed by atoms with van der Waals surface area (Å²) in [5.74, 6) is -0.0724. The second-order valence-corrected chi connectivity index (χ2v) is 5.78. The lowest BCUT2D eigenvalue weighted by molar-refractivity contribution is 0.0571. The topological polar surface area (TPSA) is 46.6 Å². The molecule has 2 rings (SSSR count). The van der Waals surface area contributed by atoms with Crippen LogP contribution >= 0.6 is 0 Å². The average Bonchev–Trinajstić information content (AvgIpc) is 2.53. The molecule has 4 nitrogen and oxygen atoms in total. The fraction of sp³-hybridized carbons (Fsp3) is 0.529. The van der Waals surface area contributed by atoms with Crippen molar-refractivity contribution >= 4 is 11.9 Å². The maximum atomic E-state index is 12.7. The second kappa shape index (κ2) is 6.74. The van der Waals surface area contributed by atoms with Crippen LogP contribution in [0.25, 0.3) is 0 Å². The normalized spacial score (nSPS) is 21.7. The maximum Gasteiger partial charge on any atom is 0.338 e. The molecule has 1 aliphatic rings. The first kappa shape index (κ1) is 15.5. The van der Waals surface area contributed by atoms with E-state index in [0.717, 1.165) is 19.3 Å². The summed E-state index contributed by atoms with van der Waals surface area (Å²) in [6, 6.07) is 7.09. The minimum atomic E-state index is -0.468. The van der Waals surface area contributed by atoms with Crippen molar-refractivity contribution in [3.63, 3.8) is 0 Å². The lowest BCUT2D eigenvalue weighted by Gasteiger charge is -2.36. The number of esters is 1. The van der Waals surface area contributed by atoms with Crippen molar-refractivity contribution < 1.29 is 14.3 Å². The average molecular weight is 289 g/mol. The molecule has 1 aliphatic carbocycles. The first-order valence-corrected chi connectivity index (χ1v) is 7.50. The minimum absolute atomic E-state index is 0.102. The van der Waals surface area contributed by atoms with Gasteiger partial charge in [0, 0.05) is 13.1 Å². The maximum absolute atomic E-state index is 12.7. The van der Waals surface area contributed by atoms with E-state index < -0.39 is 5.97 Å². The number of rotatable bonds is 3. The van der Waals surface area contributed by atoms with Crippen molar-refractivity contribution in [2.75, 3.05) is 14.2 Å². The zero-order chi connectivity index (χ0) is 15.4. The van der Waals surface area contributed by atoms with Gasteiger partial charge in [-0.3, -0.25) is 4.79 Å². The Balaban J connectivity index is 2.25. The highest BCUT2D eigenvalue weighted by Crippen LogP contribution is 2.28. The van der Waals surface area contributed by atoms with Crippen molar-refractivity contribution in [3.05, 3.63) is 35.4 Å².